The first kappa shape index (κ1) is 75.0. The van der Waals surface area contributed by atoms with Crippen molar-refractivity contribution in [3.63, 3.8) is 0 Å². The number of hydrogen-bond acceptors (Lipinski definition) is 30. The van der Waals surface area contributed by atoms with Gasteiger partial charge in [0.15, 0.2) is 61.6 Å². The molecule has 1 amide bonds. The molecule has 4 aliphatic rings. The SMILES string of the molecule is CC(=O)OC[C@H]1O[C@H](O[C@@H]2[C@H](OC(C)=O)[C@@H](OC(C)=O)[C@H](O[C@H]3[C@H](OC(C)=O)[C@@H](OC(C)=O)[C@H](OC/C=C/C[C@H](NC(=O)OCC4c5ccccc5-c5ccccc54)C(=O)OCc4ccccc4)O[C@@H]3COC(C)=O)O[C@@H]2COC(C)=O)[C@H](OC(C)=O)[C@@H](OC(C)=O)[C@H]1OC(C)=O. The van der Waals surface area contributed by atoms with E-state index in [4.69, 9.17) is 85.3 Å². The largest absolute Gasteiger partial charge is 0.463 e. The second-order valence-electron chi connectivity index (χ2n) is 22.4. The number of amides is 1. The van der Waals surface area contributed by atoms with E-state index in [2.05, 4.69) is 5.32 Å². The molecule has 0 radical (unpaired) electrons. The summed E-state index contributed by atoms with van der Waals surface area (Å²) in [6.45, 7) is 6.92. The Morgan fingerprint density at radius 3 is 1.20 bits per heavy atom. The van der Waals surface area contributed by atoms with Gasteiger partial charge in [0, 0.05) is 75.2 Å². The molecule has 7 rings (SSSR count). The number of ether oxygens (including phenoxy) is 18. The van der Waals surface area contributed by atoms with Crippen LogP contribution in [0.4, 0.5) is 4.79 Å². The third kappa shape index (κ3) is 21.5. The van der Waals surface area contributed by atoms with Crippen molar-refractivity contribution in [2.24, 2.45) is 0 Å². The molecule has 31 heteroatoms. The lowest BCUT2D eigenvalue weighted by Crippen LogP contribution is -2.69. The molecule has 16 atom stereocenters. The maximum Gasteiger partial charge on any atom is 0.407 e. The summed E-state index contributed by atoms with van der Waals surface area (Å²) in [6, 6.07) is 23.0. The van der Waals surface area contributed by atoms with Crippen molar-refractivity contribution in [3.8, 4) is 11.1 Å². The minimum atomic E-state index is -2.11. The molecule has 31 nitrogen and oxygen atoms in total. The second-order valence-corrected chi connectivity index (χ2v) is 22.4. The molecule has 1 aliphatic carbocycles. The van der Waals surface area contributed by atoms with E-state index in [-0.39, 0.29) is 25.6 Å². The summed E-state index contributed by atoms with van der Waals surface area (Å²) in [7, 11) is 0. The summed E-state index contributed by atoms with van der Waals surface area (Å²) in [5, 5.41) is 2.61. The van der Waals surface area contributed by atoms with E-state index in [1.807, 2.05) is 48.5 Å². The summed E-state index contributed by atoms with van der Waals surface area (Å²) >= 11 is 0. The van der Waals surface area contributed by atoms with Crippen molar-refractivity contribution >= 4 is 71.8 Å². The predicted octanol–water partition coefficient (Wildman–Crippen LogP) is 3.76. The average molecular weight is 1360 g/mol. The molecule has 0 spiro atoms. The van der Waals surface area contributed by atoms with Crippen LogP contribution in [0.1, 0.15) is 98.3 Å². The summed E-state index contributed by atoms with van der Waals surface area (Å²) in [4.78, 5) is 156. The van der Waals surface area contributed by atoms with E-state index < -0.39 is 196 Å². The molecule has 3 aliphatic heterocycles. The maximum atomic E-state index is 13.8. The fourth-order valence-corrected chi connectivity index (χ4v) is 11.2. The van der Waals surface area contributed by atoms with E-state index in [0.29, 0.717) is 5.56 Å². The van der Waals surface area contributed by atoms with E-state index >= 15 is 0 Å². The quantitative estimate of drug-likeness (QED) is 0.0614. The van der Waals surface area contributed by atoms with Crippen LogP contribution in [0.2, 0.25) is 0 Å². The topological polar surface area (TPSA) is 383 Å². The molecule has 0 aromatic heterocycles. The van der Waals surface area contributed by atoms with Gasteiger partial charge in [0.25, 0.3) is 0 Å². The molecule has 0 unspecified atom stereocenters. The highest BCUT2D eigenvalue weighted by Crippen LogP contribution is 2.45. The van der Waals surface area contributed by atoms with Gasteiger partial charge in [0.2, 0.25) is 0 Å². The van der Waals surface area contributed by atoms with Crippen LogP contribution >= 0.6 is 0 Å². The Bertz CT molecular complexity index is 3290. The Balaban J connectivity index is 1.18. The van der Waals surface area contributed by atoms with Crippen molar-refractivity contribution in [2.45, 2.75) is 186 Å². The first-order chi connectivity index (χ1) is 46.2. The van der Waals surface area contributed by atoms with Gasteiger partial charge in [-0.15, -0.1) is 0 Å². The van der Waals surface area contributed by atoms with E-state index in [0.717, 1.165) is 91.5 Å². The van der Waals surface area contributed by atoms with Crippen molar-refractivity contribution < 1.29 is 143 Å². The summed E-state index contributed by atoms with van der Waals surface area (Å²) < 4.78 is 105. The standard InChI is InChI=1S/C66H77NO30/c1-33(68)81-30-50-53(86-36(4)71)56(87-37(5)72)60(91-41(9)76)64(94-50)97-55-52(32-83-35(3)70)95-65(61(92-42(10)77)58(55)89-39(7)74)96-54-51(31-82-34(2)69)93-63(59(90-40(8)75)57(54)88-38(6)73)80-27-19-18-26-49(62(78)84-28-43-20-12-11-13-21-43)67-66(79)85-29-48-46-24-16-14-22-44(46)45-23-15-17-25-47(45)48/h11-25,48-61,63-65H,26-32H2,1-10H3,(H,67,79)/b19-18+/t49-,50+,51+,52+,53-,54+,55-,56-,57-,58-,59+,60+,61+,63+,64+,65-/m0/s1. The van der Waals surface area contributed by atoms with Crippen molar-refractivity contribution in [2.75, 3.05) is 33.0 Å². The molecular weight excluding hydrogens is 1290 g/mol. The van der Waals surface area contributed by atoms with Gasteiger partial charge in [-0.05, 0) is 34.2 Å². The molecule has 3 saturated heterocycles. The minimum absolute atomic E-state index is 0.0658. The molecule has 3 aromatic carbocycles. The molecule has 3 heterocycles. The van der Waals surface area contributed by atoms with Crippen molar-refractivity contribution in [1.82, 2.24) is 5.32 Å². The Hall–Kier alpha value is -9.40. The highest BCUT2D eigenvalue weighted by atomic mass is 16.8. The Kier molecular flexibility index (Phi) is 27.5. The zero-order chi connectivity index (χ0) is 70.6. The predicted molar refractivity (Wildman–Crippen MR) is 322 cm³/mol. The first-order valence-electron chi connectivity index (χ1n) is 30.6. The molecule has 526 valence electrons. The zero-order valence-electron chi connectivity index (χ0n) is 54.7. The monoisotopic (exact) mass is 1360 g/mol. The van der Waals surface area contributed by atoms with Crippen LogP contribution in [0.25, 0.3) is 11.1 Å². The van der Waals surface area contributed by atoms with Crippen LogP contribution in [0.15, 0.2) is 91.0 Å². The smallest absolute Gasteiger partial charge is 0.407 e. The van der Waals surface area contributed by atoms with Gasteiger partial charge in [-0.1, -0.05) is 91.0 Å². The van der Waals surface area contributed by atoms with Crippen molar-refractivity contribution in [1.29, 1.82) is 0 Å². The van der Waals surface area contributed by atoms with E-state index in [9.17, 15) is 57.5 Å². The van der Waals surface area contributed by atoms with Crippen LogP contribution in [0, 0.1) is 0 Å². The number of rotatable bonds is 28. The van der Waals surface area contributed by atoms with Gasteiger partial charge in [0.1, 0.15) is 69.6 Å². The second kappa shape index (κ2) is 35.6. The van der Waals surface area contributed by atoms with Crippen LogP contribution < -0.4 is 5.32 Å². The fourth-order valence-electron chi connectivity index (χ4n) is 11.2. The molecule has 3 fully saturated rings. The van der Waals surface area contributed by atoms with Gasteiger partial charge in [-0.2, -0.15) is 0 Å². The van der Waals surface area contributed by atoms with Gasteiger partial charge in [-0.25, -0.2) is 9.59 Å². The number of fused-ring (bicyclic) bond motifs is 3. The average Bonchev–Trinajstić information content (AvgIpc) is 1.69. The number of benzene rings is 3. The molecular formula is C66H77NO30. The highest BCUT2D eigenvalue weighted by Gasteiger charge is 2.60. The first-order valence-corrected chi connectivity index (χ1v) is 30.6. The molecule has 0 bridgehead atoms. The Labute approximate surface area is 556 Å². The van der Waals surface area contributed by atoms with Crippen LogP contribution in [0.5, 0.6) is 0 Å². The summed E-state index contributed by atoms with van der Waals surface area (Å²) in [6.07, 6.45) is -26.0. The number of esters is 11. The van der Waals surface area contributed by atoms with Crippen LogP contribution in [-0.4, -0.2) is 203 Å². The van der Waals surface area contributed by atoms with Gasteiger partial charge < -0.3 is 90.6 Å². The zero-order valence-corrected chi connectivity index (χ0v) is 54.7. The normalized spacial score (nSPS) is 26.0. The minimum Gasteiger partial charge on any atom is -0.463 e. The van der Waals surface area contributed by atoms with Gasteiger partial charge >= 0.3 is 71.8 Å². The third-order valence-corrected chi connectivity index (χ3v) is 14.9. The number of carbonyl (C=O) groups is 12. The lowest BCUT2D eigenvalue weighted by Gasteiger charge is -2.50. The van der Waals surface area contributed by atoms with Crippen molar-refractivity contribution in [3.05, 3.63) is 108 Å². The van der Waals surface area contributed by atoms with Gasteiger partial charge in [0.05, 0.1) is 6.61 Å². The lowest BCUT2D eigenvalue weighted by molar-refractivity contribution is -0.379. The van der Waals surface area contributed by atoms with Gasteiger partial charge in [-0.3, -0.25) is 47.9 Å². The fraction of sp³-hybridized carbons (Fsp3) is 0.515. The number of hydrogen-bond donors (Lipinski definition) is 1. The molecule has 3 aromatic rings. The number of alkyl carbamates (subject to hydrolysis) is 1. The van der Waals surface area contributed by atoms with Crippen LogP contribution in [-0.2, 0) is 145 Å². The summed E-state index contributed by atoms with van der Waals surface area (Å²) in [5.74, 6) is -11.0. The Morgan fingerprint density at radius 2 is 0.763 bits per heavy atom. The molecule has 1 N–H and O–H groups in total. The Morgan fingerprint density at radius 1 is 0.392 bits per heavy atom. The maximum absolute atomic E-state index is 13.8. The highest BCUT2D eigenvalue weighted by molar-refractivity contribution is 5.82. The number of nitrogens with one attached hydrogen (secondary N) is 1. The lowest BCUT2D eigenvalue weighted by atomic mass is 9.95. The molecule has 97 heavy (non-hydrogen) atoms. The summed E-state index contributed by atoms with van der Waals surface area (Å²) in [5.41, 5.74) is 4.59. The molecule has 0 saturated carbocycles. The van der Waals surface area contributed by atoms with E-state index in [1.165, 1.54) is 12.2 Å². The van der Waals surface area contributed by atoms with Crippen LogP contribution in [0.3, 0.4) is 0 Å². The number of carbonyl (C=O) groups excluding carboxylic acids is 12. The third-order valence-electron chi connectivity index (χ3n) is 14.9. The van der Waals surface area contributed by atoms with E-state index in [1.54, 1.807) is 30.3 Å².